The molecule has 0 heterocycles. The van der Waals surface area contributed by atoms with Crippen LogP contribution in [0.15, 0.2) is 0 Å². The predicted molar refractivity (Wildman–Crippen MR) is 64.1 cm³/mol. The van der Waals surface area contributed by atoms with Crippen molar-refractivity contribution < 1.29 is 24.2 Å². The van der Waals surface area contributed by atoms with Crippen molar-refractivity contribution in [3.63, 3.8) is 0 Å². The van der Waals surface area contributed by atoms with Gasteiger partial charge in [-0.05, 0) is 5.92 Å². The minimum absolute atomic E-state index is 0.346. The van der Waals surface area contributed by atoms with Gasteiger partial charge in [-0.3, -0.25) is 10.1 Å². The van der Waals surface area contributed by atoms with Crippen molar-refractivity contribution in [3.05, 3.63) is 0 Å². The van der Waals surface area contributed by atoms with Crippen molar-refractivity contribution in [2.45, 2.75) is 20.3 Å². The van der Waals surface area contributed by atoms with Crippen molar-refractivity contribution in [3.8, 4) is 0 Å². The average Bonchev–Trinajstić information content (AvgIpc) is 2.27. The monoisotopic (exact) mass is 260 g/mol. The van der Waals surface area contributed by atoms with Gasteiger partial charge in [0.15, 0.2) is 0 Å². The van der Waals surface area contributed by atoms with Crippen LogP contribution in [0.25, 0.3) is 0 Å². The van der Waals surface area contributed by atoms with E-state index in [2.05, 4.69) is 10.1 Å². The second kappa shape index (κ2) is 8.46. The highest BCUT2D eigenvalue weighted by Crippen LogP contribution is 2.02. The highest BCUT2D eigenvalue weighted by Gasteiger charge is 2.14. The molecule has 7 nitrogen and oxygen atoms in total. The van der Waals surface area contributed by atoms with E-state index < -0.39 is 31.1 Å². The number of hydrogen-bond acceptors (Lipinski definition) is 4. The first-order valence-electron chi connectivity index (χ1n) is 5.71. The lowest BCUT2D eigenvalue weighted by Gasteiger charge is -2.20. The largest absolute Gasteiger partial charge is 0.480 e. The van der Waals surface area contributed by atoms with Crippen LogP contribution in [0.3, 0.4) is 0 Å². The van der Waals surface area contributed by atoms with E-state index in [4.69, 9.17) is 5.11 Å². The van der Waals surface area contributed by atoms with E-state index in [1.807, 2.05) is 13.8 Å². The van der Waals surface area contributed by atoms with Gasteiger partial charge in [-0.1, -0.05) is 20.3 Å². The number of carbonyl (C=O) groups excluding carboxylic acids is 2. The summed E-state index contributed by atoms with van der Waals surface area (Å²) in [7, 11) is 1.59. The Labute approximate surface area is 106 Å². The summed E-state index contributed by atoms with van der Waals surface area (Å²) in [5.74, 6) is -1.47. The molecule has 104 valence electrons. The van der Waals surface area contributed by atoms with Gasteiger partial charge in [0.05, 0.1) is 0 Å². The van der Waals surface area contributed by atoms with Gasteiger partial charge >= 0.3 is 12.0 Å². The molecule has 0 saturated heterocycles. The number of urea groups is 1. The summed E-state index contributed by atoms with van der Waals surface area (Å²) in [5, 5.41) is 10.4. The molecule has 0 aromatic heterocycles. The molecule has 0 bridgehead atoms. The van der Waals surface area contributed by atoms with Crippen LogP contribution in [-0.2, 0) is 14.3 Å². The predicted octanol–water partition coefficient (Wildman–Crippen LogP) is 0.302. The van der Waals surface area contributed by atoms with E-state index in [0.29, 0.717) is 12.5 Å². The molecule has 0 aromatic rings. The first kappa shape index (κ1) is 16.4. The third-order valence-corrected chi connectivity index (χ3v) is 2.33. The van der Waals surface area contributed by atoms with E-state index in [1.54, 1.807) is 7.05 Å². The molecule has 0 rings (SSSR count). The Kier molecular flexibility index (Phi) is 7.69. The van der Waals surface area contributed by atoms with E-state index in [-0.39, 0.29) is 0 Å². The molecule has 1 atom stereocenters. The number of rotatable bonds is 7. The van der Waals surface area contributed by atoms with Gasteiger partial charge in [0.1, 0.15) is 13.2 Å². The van der Waals surface area contributed by atoms with Crippen LogP contribution in [0.1, 0.15) is 20.3 Å². The van der Waals surface area contributed by atoms with Crippen LogP contribution in [-0.4, -0.2) is 54.7 Å². The Morgan fingerprint density at radius 3 is 2.44 bits per heavy atom. The van der Waals surface area contributed by atoms with Gasteiger partial charge in [0, 0.05) is 13.6 Å². The fourth-order valence-electron chi connectivity index (χ4n) is 1.16. The summed E-state index contributed by atoms with van der Waals surface area (Å²) in [4.78, 5) is 34.3. The maximum absolute atomic E-state index is 11.5. The molecule has 0 fully saturated rings. The fraction of sp³-hybridized carbons (Fsp3) is 0.727. The number of nitrogens with zero attached hydrogens (tertiary/aromatic N) is 1. The van der Waals surface area contributed by atoms with Crippen molar-refractivity contribution in [1.29, 1.82) is 0 Å². The zero-order valence-electron chi connectivity index (χ0n) is 10.9. The standard InChI is InChI=1S/C11H20N2O5/c1-4-8(2)5-13(3)11(17)12-9(14)6-18-7-10(15)16/h8H,4-7H2,1-3H3,(H,15,16)(H,12,14,17). The molecule has 0 aromatic carbocycles. The third kappa shape index (κ3) is 7.61. The SMILES string of the molecule is CCC(C)CN(C)C(=O)NC(=O)COCC(=O)O. The molecule has 0 radical (unpaired) electrons. The number of hydrogen-bond donors (Lipinski definition) is 2. The number of amides is 3. The first-order chi connectivity index (χ1) is 8.36. The molecule has 0 aliphatic rings. The van der Waals surface area contributed by atoms with Crippen molar-refractivity contribution in [1.82, 2.24) is 10.2 Å². The van der Waals surface area contributed by atoms with Crippen LogP contribution in [0, 0.1) is 5.92 Å². The first-order valence-corrected chi connectivity index (χ1v) is 5.71. The number of carboxylic acids is 1. The number of aliphatic carboxylic acids is 1. The lowest BCUT2D eigenvalue weighted by Crippen LogP contribution is -2.43. The lowest BCUT2D eigenvalue weighted by atomic mass is 10.1. The van der Waals surface area contributed by atoms with Crippen LogP contribution in [0.5, 0.6) is 0 Å². The number of carbonyl (C=O) groups is 3. The summed E-state index contributed by atoms with van der Waals surface area (Å²) in [5.41, 5.74) is 0. The van der Waals surface area contributed by atoms with Crippen LogP contribution in [0.2, 0.25) is 0 Å². The number of ether oxygens (including phenoxy) is 1. The highest BCUT2D eigenvalue weighted by atomic mass is 16.5. The zero-order chi connectivity index (χ0) is 14.1. The molecule has 0 saturated carbocycles. The maximum Gasteiger partial charge on any atom is 0.329 e. The van der Waals surface area contributed by atoms with E-state index >= 15 is 0 Å². The average molecular weight is 260 g/mol. The van der Waals surface area contributed by atoms with E-state index in [1.165, 1.54) is 4.90 Å². The molecule has 0 aliphatic carbocycles. The summed E-state index contributed by atoms with van der Waals surface area (Å²) in [6, 6.07) is -0.515. The van der Waals surface area contributed by atoms with Gasteiger partial charge in [0.25, 0.3) is 5.91 Å². The smallest absolute Gasteiger partial charge is 0.329 e. The van der Waals surface area contributed by atoms with Gasteiger partial charge in [-0.2, -0.15) is 0 Å². The molecule has 2 N–H and O–H groups in total. The molecular formula is C11H20N2O5. The van der Waals surface area contributed by atoms with E-state index in [0.717, 1.165) is 6.42 Å². The van der Waals surface area contributed by atoms with Crippen LogP contribution < -0.4 is 5.32 Å². The number of carboxylic acid groups (broad SMARTS) is 1. The molecule has 3 amide bonds. The maximum atomic E-state index is 11.5. The van der Waals surface area contributed by atoms with Crippen molar-refractivity contribution >= 4 is 17.9 Å². The summed E-state index contributed by atoms with van der Waals surface area (Å²) >= 11 is 0. The number of nitrogens with one attached hydrogen (secondary N) is 1. The molecule has 18 heavy (non-hydrogen) atoms. The molecule has 1 unspecified atom stereocenters. The van der Waals surface area contributed by atoms with E-state index in [9.17, 15) is 14.4 Å². The van der Waals surface area contributed by atoms with Gasteiger partial charge in [-0.25, -0.2) is 9.59 Å². The second-order valence-corrected chi connectivity index (χ2v) is 4.13. The van der Waals surface area contributed by atoms with Crippen LogP contribution >= 0.6 is 0 Å². The van der Waals surface area contributed by atoms with Crippen molar-refractivity contribution in [2.24, 2.45) is 5.92 Å². The van der Waals surface area contributed by atoms with Gasteiger partial charge in [-0.15, -0.1) is 0 Å². The Bertz CT molecular complexity index is 306. The highest BCUT2D eigenvalue weighted by molar-refractivity contribution is 5.94. The lowest BCUT2D eigenvalue weighted by molar-refractivity contribution is -0.143. The van der Waals surface area contributed by atoms with Gasteiger partial charge in [0.2, 0.25) is 0 Å². The molecule has 7 heteroatoms. The minimum Gasteiger partial charge on any atom is -0.480 e. The zero-order valence-corrected chi connectivity index (χ0v) is 10.9. The van der Waals surface area contributed by atoms with Crippen LogP contribution in [0.4, 0.5) is 4.79 Å². The Balaban J connectivity index is 3.92. The Morgan fingerprint density at radius 1 is 1.33 bits per heavy atom. The summed E-state index contributed by atoms with van der Waals surface area (Å²) < 4.78 is 4.56. The Hall–Kier alpha value is -1.63. The number of imide groups is 1. The topological polar surface area (TPSA) is 95.9 Å². The second-order valence-electron chi connectivity index (χ2n) is 4.13. The third-order valence-electron chi connectivity index (χ3n) is 2.33. The minimum atomic E-state index is -1.16. The fourth-order valence-corrected chi connectivity index (χ4v) is 1.16. The quantitative estimate of drug-likeness (QED) is 0.686. The van der Waals surface area contributed by atoms with Gasteiger partial charge < -0.3 is 14.7 Å². The molecule has 0 spiro atoms. The molecule has 0 aliphatic heterocycles. The van der Waals surface area contributed by atoms with Crippen molar-refractivity contribution in [2.75, 3.05) is 26.8 Å². The summed E-state index contributed by atoms with van der Waals surface area (Å²) in [6.45, 7) is 3.55. The summed E-state index contributed by atoms with van der Waals surface area (Å²) in [6.07, 6.45) is 0.938. The normalized spacial score (nSPS) is 11.7. The Morgan fingerprint density at radius 2 is 1.94 bits per heavy atom. The molecular weight excluding hydrogens is 240 g/mol.